The molecule has 2 aromatic rings. The number of hydrogen-bond donors (Lipinski definition) is 2. The Morgan fingerprint density at radius 3 is 2.33 bits per heavy atom. The average Bonchev–Trinajstić information content (AvgIpc) is 2.35. The molecular formula is C16H18N2O3. The molecule has 21 heavy (non-hydrogen) atoms. The quantitative estimate of drug-likeness (QED) is 0.888. The van der Waals surface area contributed by atoms with Gasteiger partial charge in [-0.2, -0.15) is 0 Å². The van der Waals surface area contributed by atoms with Crippen molar-refractivity contribution in [1.29, 1.82) is 0 Å². The molecule has 0 heterocycles. The van der Waals surface area contributed by atoms with Crippen LogP contribution >= 0.6 is 0 Å². The zero-order valence-corrected chi connectivity index (χ0v) is 12.3. The molecule has 0 unspecified atom stereocenters. The first kappa shape index (κ1) is 14.8. The van der Waals surface area contributed by atoms with Gasteiger partial charge in [-0.25, -0.2) is 4.79 Å². The van der Waals surface area contributed by atoms with Crippen molar-refractivity contribution in [2.45, 2.75) is 26.4 Å². The second-order valence-electron chi connectivity index (χ2n) is 5.77. The molecule has 2 rings (SSSR count). The second-order valence-corrected chi connectivity index (χ2v) is 5.77. The number of nitrogens with one attached hydrogen (secondary N) is 1. The first-order valence-corrected chi connectivity index (χ1v) is 6.58. The fourth-order valence-electron chi connectivity index (χ4n) is 1.90. The Kier molecular flexibility index (Phi) is 3.84. The van der Waals surface area contributed by atoms with Gasteiger partial charge in [-0.3, -0.25) is 10.1 Å². The van der Waals surface area contributed by atoms with Crippen LogP contribution in [0, 0.1) is 0 Å². The maximum atomic E-state index is 11.7. The second kappa shape index (κ2) is 5.44. The maximum Gasteiger partial charge on any atom is 0.412 e. The molecule has 5 nitrogen and oxygen atoms in total. The number of hydrogen-bond acceptors (Lipinski definition) is 3. The summed E-state index contributed by atoms with van der Waals surface area (Å²) in [6.45, 7) is 5.39. The number of carbonyl (C=O) groups excluding carboxylic acids is 2. The van der Waals surface area contributed by atoms with E-state index >= 15 is 0 Å². The highest BCUT2D eigenvalue weighted by Crippen LogP contribution is 2.21. The van der Waals surface area contributed by atoms with Gasteiger partial charge in [0.15, 0.2) is 0 Å². The highest BCUT2D eigenvalue weighted by atomic mass is 16.6. The van der Waals surface area contributed by atoms with E-state index in [0.717, 1.165) is 10.8 Å². The molecule has 0 atom stereocenters. The molecular weight excluding hydrogens is 268 g/mol. The highest BCUT2D eigenvalue weighted by molar-refractivity contribution is 5.99. The summed E-state index contributed by atoms with van der Waals surface area (Å²) >= 11 is 0. The number of carbonyl (C=O) groups is 2. The van der Waals surface area contributed by atoms with Crippen LogP contribution in [0.4, 0.5) is 10.5 Å². The summed E-state index contributed by atoms with van der Waals surface area (Å²) in [5, 5.41) is 4.43. The molecule has 0 spiro atoms. The van der Waals surface area contributed by atoms with Crippen molar-refractivity contribution >= 4 is 28.5 Å². The highest BCUT2D eigenvalue weighted by Gasteiger charge is 2.16. The minimum Gasteiger partial charge on any atom is -0.444 e. The van der Waals surface area contributed by atoms with Crippen LogP contribution in [0.1, 0.15) is 31.1 Å². The lowest BCUT2D eigenvalue weighted by Crippen LogP contribution is -2.27. The lowest BCUT2D eigenvalue weighted by Gasteiger charge is -2.19. The van der Waals surface area contributed by atoms with Crippen LogP contribution in [0.15, 0.2) is 36.4 Å². The van der Waals surface area contributed by atoms with Gasteiger partial charge in [-0.05, 0) is 55.8 Å². The van der Waals surface area contributed by atoms with E-state index in [9.17, 15) is 9.59 Å². The summed E-state index contributed by atoms with van der Waals surface area (Å²) in [4.78, 5) is 22.9. The lowest BCUT2D eigenvalue weighted by atomic mass is 10.1. The minimum atomic E-state index is -0.555. The van der Waals surface area contributed by atoms with Gasteiger partial charge < -0.3 is 10.5 Å². The summed E-state index contributed by atoms with van der Waals surface area (Å²) < 4.78 is 5.19. The number of rotatable bonds is 2. The fraction of sp³-hybridized carbons (Fsp3) is 0.250. The van der Waals surface area contributed by atoms with Crippen molar-refractivity contribution in [1.82, 2.24) is 0 Å². The van der Waals surface area contributed by atoms with Gasteiger partial charge in [0.2, 0.25) is 5.91 Å². The van der Waals surface area contributed by atoms with Gasteiger partial charge in [-0.1, -0.05) is 12.1 Å². The summed E-state index contributed by atoms with van der Waals surface area (Å²) in [6.07, 6.45) is -0.520. The van der Waals surface area contributed by atoms with Crippen LogP contribution < -0.4 is 11.1 Å². The Hall–Kier alpha value is -2.56. The van der Waals surface area contributed by atoms with E-state index in [4.69, 9.17) is 10.5 Å². The summed E-state index contributed by atoms with van der Waals surface area (Å²) in [5.74, 6) is -0.484. The minimum absolute atomic E-state index is 0.428. The topological polar surface area (TPSA) is 81.4 Å². The monoisotopic (exact) mass is 286 g/mol. The Bertz CT molecular complexity index is 702. The van der Waals surface area contributed by atoms with Crippen LogP contribution in [0.5, 0.6) is 0 Å². The van der Waals surface area contributed by atoms with E-state index in [1.54, 1.807) is 45.0 Å². The predicted molar refractivity (Wildman–Crippen MR) is 82.3 cm³/mol. The largest absolute Gasteiger partial charge is 0.444 e. The molecule has 2 aromatic carbocycles. The molecule has 0 saturated carbocycles. The number of anilines is 1. The van der Waals surface area contributed by atoms with Gasteiger partial charge in [0.1, 0.15) is 5.60 Å². The molecule has 0 aromatic heterocycles. The van der Waals surface area contributed by atoms with Crippen LogP contribution in [0.2, 0.25) is 0 Å². The third-order valence-corrected chi connectivity index (χ3v) is 2.77. The van der Waals surface area contributed by atoms with Gasteiger partial charge in [0.25, 0.3) is 0 Å². The Morgan fingerprint density at radius 2 is 1.71 bits per heavy atom. The van der Waals surface area contributed by atoms with Crippen molar-refractivity contribution in [3.8, 4) is 0 Å². The standard InChI is InChI=1S/C16H18N2O3/c1-16(2,3)21-15(20)18-13-7-6-10-4-5-11(14(17)19)8-12(10)9-13/h4-9H,1-3H3,(H2,17,19)(H,18,20). The lowest BCUT2D eigenvalue weighted by molar-refractivity contribution is 0.0635. The molecule has 0 fully saturated rings. The van der Waals surface area contributed by atoms with E-state index < -0.39 is 17.6 Å². The number of ether oxygens (including phenoxy) is 1. The van der Waals surface area contributed by atoms with Gasteiger partial charge in [0.05, 0.1) is 0 Å². The Morgan fingerprint density at radius 1 is 1.05 bits per heavy atom. The summed E-state index contributed by atoms with van der Waals surface area (Å²) in [6, 6.07) is 10.6. The molecule has 0 aliphatic heterocycles. The van der Waals surface area contributed by atoms with Crippen molar-refractivity contribution in [2.75, 3.05) is 5.32 Å². The van der Waals surface area contributed by atoms with E-state index in [-0.39, 0.29) is 0 Å². The van der Waals surface area contributed by atoms with Crippen molar-refractivity contribution < 1.29 is 14.3 Å². The number of fused-ring (bicyclic) bond motifs is 1. The molecule has 3 N–H and O–H groups in total. The van der Waals surface area contributed by atoms with E-state index in [0.29, 0.717) is 11.3 Å². The van der Waals surface area contributed by atoms with Gasteiger partial charge >= 0.3 is 6.09 Å². The fourth-order valence-corrected chi connectivity index (χ4v) is 1.90. The maximum absolute atomic E-state index is 11.7. The molecule has 0 saturated heterocycles. The van der Waals surface area contributed by atoms with Gasteiger partial charge in [-0.15, -0.1) is 0 Å². The smallest absolute Gasteiger partial charge is 0.412 e. The van der Waals surface area contributed by atoms with Crippen molar-refractivity contribution in [2.24, 2.45) is 5.73 Å². The van der Waals surface area contributed by atoms with Crippen LogP contribution in [0.3, 0.4) is 0 Å². The van der Waals surface area contributed by atoms with Crippen molar-refractivity contribution in [3.63, 3.8) is 0 Å². The number of amides is 2. The van der Waals surface area contributed by atoms with E-state index in [1.165, 1.54) is 0 Å². The Labute approximate surface area is 123 Å². The first-order chi connectivity index (χ1) is 9.74. The third kappa shape index (κ3) is 3.95. The number of benzene rings is 2. The normalized spacial score (nSPS) is 11.2. The zero-order chi connectivity index (χ0) is 15.6. The first-order valence-electron chi connectivity index (χ1n) is 6.58. The van der Waals surface area contributed by atoms with Crippen molar-refractivity contribution in [3.05, 3.63) is 42.0 Å². The average molecular weight is 286 g/mol. The van der Waals surface area contributed by atoms with Crippen LogP contribution in [-0.4, -0.2) is 17.6 Å². The molecule has 5 heteroatoms. The predicted octanol–water partition coefficient (Wildman–Crippen LogP) is 3.29. The zero-order valence-electron chi connectivity index (χ0n) is 12.3. The van der Waals surface area contributed by atoms with Gasteiger partial charge in [0, 0.05) is 11.3 Å². The van der Waals surface area contributed by atoms with Crippen LogP contribution in [0.25, 0.3) is 10.8 Å². The number of nitrogens with two attached hydrogens (primary N) is 1. The third-order valence-electron chi connectivity index (χ3n) is 2.77. The Balaban J connectivity index is 2.25. The van der Waals surface area contributed by atoms with Crippen LogP contribution in [-0.2, 0) is 4.74 Å². The molecule has 0 aliphatic carbocycles. The number of primary amides is 1. The molecule has 2 amide bonds. The molecule has 0 bridgehead atoms. The summed E-state index contributed by atoms with van der Waals surface area (Å²) in [7, 11) is 0. The molecule has 0 aliphatic rings. The molecule has 0 radical (unpaired) electrons. The molecule has 110 valence electrons. The van der Waals surface area contributed by atoms with E-state index in [1.807, 2.05) is 12.1 Å². The van der Waals surface area contributed by atoms with E-state index in [2.05, 4.69) is 5.32 Å². The summed E-state index contributed by atoms with van der Waals surface area (Å²) in [5.41, 5.74) is 5.73. The SMILES string of the molecule is CC(C)(C)OC(=O)Nc1ccc2ccc(C(N)=O)cc2c1.